The van der Waals surface area contributed by atoms with Crippen LogP contribution in [0.25, 0.3) is 0 Å². The average molecular weight is 493 g/mol. The summed E-state index contributed by atoms with van der Waals surface area (Å²) in [6.45, 7) is 4.19. The van der Waals surface area contributed by atoms with E-state index in [0.717, 1.165) is 22.3 Å². The second-order valence-corrected chi connectivity index (χ2v) is 12.5. The van der Waals surface area contributed by atoms with Crippen LogP contribution in [-0.2, 0) is 33.0 Å². The van der Waals surface area contributed by atoms with E-state index < -0.39 is 20.0 Å². The first kappa shape index (κ1) is 22.8. The predicted octanol–water partition coefficient (Wildman–Crippen LogP) is 3.92. The predicted molar refractivity (Wildman–Crippen MR) is 125 cm³/mol. The molecule has 0 spiro atoms. The van der Waals surface area contributed by atoms with Crippen LogP contribution in [0.1, 0.15) is 22.3 Å². The topological polar surface area (TPSA) is 92.8 Å². The molecule has 0 saturated carbocycles. The molecule has 1 N–H and O–H groups in total. The van der Waals surface area contributed by atoms with Gasteiger partial charge in [0.1, 0.15) is 9.96 Å². The van der Waals surface area contributed by atoms with E-state index in [1.54, 1.807) is 62.7 Å². The van der Waals surface area contributed by atoms with Gasteiger partial charge in [0, 0.05) is 18.8 Å². The molecule has 1 aromatic heterocycles. The van der Waals surface area contributed by atoms with Gasteiger partial charge in [-0.15, -0.1) is 11.3 Å². The van der Waals surface area contributed by atoms with E-state index in [9.17, 15) is 16.8 Å². The van der Waals surface area contributed by atoms with Crippen LogP contribution in [-0.4, -0.2) is 34.8 Å². The van der Waals surface area contributed by atoms with Crippen molar-refractivity contribution < 1.29 is 21.6 Å². The number of thiophene rings is 1. The SMILES string of the molecule is COc1c(C)cc(S(=O)(=O)Nc2ccc3c(c2)CN(S(=O)(=O)c2cccs2)CC3)cc1C. The highest BCUT2D eigenvalue weighted by molar-refractivity contribution is 7.92. The lowest BCUT2D eigenvalue weighted by molar-refractivity contribution is 0.392. The van der Waals surface area contributed by atoms with E-state index in [0.29, 0.717) is 28.6 Å². The number of fused-ring (bicyclic) bond motifs is 1. The third-order valence-corrected chi connectivity index (χ3v) is 10.1. The summed E-state index contributed by atoms with van der Waals surface area (Å²) < 4.78 is 61.5. The summed E-state index contributed by atoms with van der Waals surface area (Å²) in [7, 11) is -5.84. The lowest BCUT2D eigenvalue weighted by atomic mass is 10.0. The molecule has 0 saturated heterocycles. The van der Waals surface area contributed by atoms with Gasteiger partial charge >= 0.3 is 0 Å². The highest BCUT2D eigenvalue weighted by Gasteiger charge is 2.29. The summed E-state index contributed by atoms with van der Waals surface area (Å²) in [4.78, 5) is 0.146. The molecule has 0 atom stereocenters. The minimum atomic E-state index is -3.82. The summed E-state index contributed by atoms with van der Waals surface area (Å²) in [5.41, 5.74) is 3.66. The molecular formula is C22H24N2O5S3. The number of aryl methyl sites for hydroxylation is 2. The Morgan fingerprint density at radius 1 is 1.00 bits per heavy atom. The molecule has 2 heterocycles. The third-order valence-electron chi connectivity index (χ3n) is 5.47. The maximum atomic E-state index is 13.0. The van der Waals surface area contributed by atoms with Crippen molar-refractivity contribution in [2.24, 2.45) is 0 Å². The Hall–Kier alpha value is -2.40. The Kier molecular flexibility index (Phi) is 6.06. The van der Waals surface area contributed by atoms with Gasteiger partial charge in [0.15, 0.2) is 0 Å². The summed E-state index contributed by atoms with van der Waals surface area (Å²) in [5, 5.41) is 1.74. The fraction of sp³-hybridized carbons (Fsp3) is 0.273. The number of rotatable bonds is 6. The first-order chi connectivity index (χ1) is 15.1. The molecule has 0 fully saturated rings. The lowest BCUT2D eigenvalue weighted by Crippen LogP contribution is -2.35. The molecule has 4 rings (SSSR count). The second-order valence-electron chi connectivity index (χ2n) is 7.70. The van der Waals surface area contributed by atoms with Crippen molar-refractivity contribution in [3.63, 3.8) is 0 Å². The van der Waals surface area contributed by atoms with Crippen LogP contribution in [0.2, 0.25) is 0 Å². The van der Waals surface area contributed by atoms with Crippen LogP contribution in [0.3, 0.4) is 0 Å². The van der Waals surface area contributed by atoms with Crippen molar-refractivity contribution in [3.8, 4) is 5.75 Å². The van der Waals surface area contributed by atoms with Gasteiger partial charge in [0.05, 0.1) is 12.0 Å². The molecule has 3 aromatic rings. The average Bonchev–Trinajstić information content (AvgIpc) is 3.28. The highest BCUT2D eigenvalue weighted by atomic mass is 32.2. The van der Waals surface area contributed by atoms with Crippen LogP contribution in [0.4, 0.5) is 5.69 Å². The Labute approximate surface area is 192 Å². The minimum Gasteiger partial charge on any atom is -0.496 e. The lowest BCUT2D eigenvalue weighted by Gasteiger charge is -2.28. The smallest absolute Gasteiger partial charge is 0.261 e. The number of benzene rings is 2. The fourth-order valence-corrected chi connectivity index (χ4v) is 7.72. The number of nitrogens with one attached hydrogen (secondary N) is 1. The van der Waals surface area contributed by atoms with Crippen molar-refractivity contribution >= 4 is 37.1 Å². The zero-order valence-electron chi connectivity index (χ0n) is 18.0. The molecule has 1 aliphatic rings. The number of hydrogen-bond acceptors (Lipinski definition) is 6. The number of anilines is 1. The van der Waals surface area contributed by atoms with E-state index in [1.165, 1.54) is 15.6 Å². The van der Waals surface area contributed by atoms with Gasteiger partial charge in [-0.25, -0.2) is 16.8 Å². The van der Waals surface area contributed by atoms with Gasteiger partial charge in [-0.3, -0.25) is 4.72 Å². The molecule has 0 aliphatic carbocycles. The zero-order valence-corrected chi connectivity index (χ0v) is 20.4. The molecule has 7 nitrogen and oxygen atoms in total. The van der Waals surface area contributed by atoms with Gasteiger partial charge in [0.25, 0.3) is 20.0 Å². The first-order valence-electron chi connectivity index (χ1n) is 9.95. The van der Waals surface area contributed by atoms with E-state index in [4.69, 9.17) is 4.74 Å². The van der Waals surface area contributed by atoms with Crippen LogP contribution >= 0.6 is 11.3 Å². The van der Waals surface area contributed by atoms with Gasteiger partial charge in [-0.1, -0.05) is 12.1 Å². The molecule has 0 amide bonds. The van der Waals surface area contributed by atoms with Crippen molar-refractivity contribution in [2.45, 2.75) is 35.9 Å². The largest absolute Gasteiger partial charge is 0.496 e. The first-order valence-corrected chi connectivity index (χ1v) is 13.8. The Morgan fingerprint density at radius 2 is 1.72 bits per heavy atom. The van der Waals surface area contributed by atoms with Gasteiger partial charge in [-0.05, 0) is 78.2 Å². The summed E-state index contributed by atoms with van der Waals surface area (Å²) in [6.07, 6.45) is 0.573. The van der Waals surface area contributed by atoms with Crippen molar-refractivity contribution in [1.82, 2.24) is 4.31 Å². The summed E-state index contributed by atoms with van der Waals surface area (Å²) in [5.74, 6) is 0.657. The molecule has 1 aliphatic heterocycles. The Bertz CT molecular complexity index is 1340. The normalized spacial score (nSPS) is 14.7. The van der Waals surface area contributed by atoms with Crippen LogP contribution < -0.4 is 9.46 Å². The Morgan fingerprint density at radius 3 is 2.34 bits per heavy atom. The van der Waals surface area contributed by atoms with E-state index in [-0.39, 0.29) is 11.4 Å². The van der Waals surface area contributed by atoms with Gasteiger partial charge < -0.3 is 4.74 Å². The third kappa shape index (κ3) is 4.27. The van der Waals surface area contributed by atoms with Gasteiger partial charge in [0.2, 0.25) is 0 Å². The summed E-state index contributed by atoms with van der Waals surface area (Å²) in [6, 6.07) is 11.7. The maximum Gasteiger partial charge on any atom is 0.261 e. The van der Waals surface area contributed by atoms with E-state index in [2.05, 4.69) is 4.72 Å². The highest BCUT2D eigenvalue weighted by Crippen LogP contribution is 2.31. The molecule has 0 unspecified atom stereocenters. The minimum absolute atomic E-state index is 0.146. The van der Waals surface area contributed by atoms with Crippen molar-refractivity contribution in [1.29, 1.82) is 0 Å². The number of ether oxygens (including phenoxy) is 1. The van der Waals surface area contributed by atoms with Crippen molar-refractivity contribution in [2.75, 3.05) is 18.4 Å². The molecule has 32 heavy (non-hydrogen) atoms. The monoisotopic (exact) mass is 492 g/mol. The number of sulfonamides is 2. The zero-order chi connectivity index (χ0) is 23.1. The molecule has 10 heteroatoms. The Balaban J connectivity index is 1.60. The van der Waals surface area contributed by atoms with Crippen LogP contribution in [0, 0.1) is 13.8 Å². The number of nitrogens with zero attached hydrogens (tertiary/aromatic N) is 1. The van der Waals surface area contributed by atoms with E-state index in [1.807, 2.05) is 6.07 Å². The number of hydrogen-bond donors (Lipinski definition) is 1. The maximum absolute atomic E-state index is 13.0. The quantitative estimate of drug-likeness (QED) is 0.563. The fourth-order valence-electron chi connectivity index (χ4n) is 3.94. The second kappa shape index (κ2) is 8.51. The number of methoxy groups -OCH3 is 1. The van der Waals surface area contributed by atoms with Crippen molar-refractivity contribution in [3.05, 3.63) is 70.1 Å². The van der Waals surface area contributed by atoms with E-state index >= 15 is 0 Å². The molecule has 170 valence electrons. The van der Waals surface area contributed by atoms with Crippen LogP contribution in [0.15, 0.2) is 56.9 Å². The molecule has 2 aromatic carbocycles. The molecule has 0 radical (unpaired) electrons. The molecular weight excluding hydrogens is 468 g/mol. The standard InChI is InChI=1S/C22H24N2O5S3/c1-15-11-20(12-16(2)22(15)29-3)31(25,26)23-19-7-6-17-8-9-24(14-18(17)13-19)32(27,28)21-5-4-10-30-21/h4-7,10-13,23H,8-9,14H2,1-3H3. The van der Waals surface area contributed by atoms with Crippen LogP contribution in [0.5, 0.6) is 5.75 Å². The molecule has 0 bridgehead atoms. The summed E-state index contributed by atoms with van der Waals surface area (Å²) >= 11 is 1.19. The van der Waals surface area contributed by atoms with Gasteiger partial charge in [-0.2, -0.15) is 4.31 Å².